The molecule has 20 heavy (non-hydrogen) atoms. The van der Waals surface area contributed by atoms with Gasteiger partial charge in [-0.1, -0.05) is 6.92 Å². The van der Waals surface area contributed by atoms with Crippen molar-refractivity contribution in [1.82, 2.24) is 15.3 Å². The summed E-state index contributed by atoms with van der Waals surface area (Å²) in [5.41, 5.74) is 3.53. The van der Waals surface area contributed by atoms with Gasteiger partial charge in [0.05, 0.1) is 0 Å². The van der Waals surface area contributed by atoms with E-state index in [0.717, 1.165) is 36.6 Å². The molecule has 1 atom stereocenters. The lowest BCUT2D eigenvalue weighted by Gasteiger charge is -2.21. The number of ether oxygens (including phenoxy) is 1. The monoisotopic (exact) mass is 279 g/mol. The highest BCUT2D eigenvalue weighted by atomic mass is 16.5. The van der Waals surface area contributed by atoms with Crippen molar-refractivity contribution >= 4 is 0 Å². The van der Waals surface area contributed by atoms with Gasteiger partial charge in [-0.2, -0.15) is 0 Å². The van der Waals surface area contributed by atoms with E-state index in [4.69, 9.17) is 4.74 Å². The van der Waals surface area contributed by atoms with Crippen LogP contribution in [0.3, 0.4) is 0 Å². The molecule has 0 bridgehead atoms. The van der Waals surface area contributed by atoms with Gasteiger partial charge < -0.3 is 10.1 Å². The first kappa shape index (κ1) is 17.1. The van der Waals surface area contributed by atoms with Crippen LogP contribution < -0.4 is 5.32 Å². The van der Waals surface area contributed by atoms with E-state index >= 15 is 0 Å². The van der Waals surface area contributed by atoms with Gasteiger partial charge >= 0.3 is 0 Å². The molecule has 0 aliphatic carbocycles. The van der Waals surface area contributed by atoms with Crippen molar-refractivity contribution in [3.05, 3.63) is 22.8 Å². The Hall–Kier alpha value is -1.00. The number of methoxy groups -OCH3 is 1. The van der Waals surface area contributed by atoms with Crippen LogP contribution in [0.25, 0.3) is 0 Å². The van der Waals surface area contributed by atoms with Gasteiger partial charge in [0.25, 0.3) is 0 Å². The van der Waals surface area contributed by atoms with Crippen LogP contribution in [-0.2, 0) is 11.2 Å². The lowest BCUT2D eigenvalue weighted by Crippen LogP contribution is -2.37. The molecule has 0 saturated heterocycles. The van der Waals surface area contributed by atoms with E-state index in [1.807, 2.05) is 0 Å². The van der Waals surface area contributed by atoms with Crippen molar-refractivity contribution in [3.8, 4) is 0 Å². The highest BCUT2D eigenvalue weighted by molar-refractivity contribution is 5.25. The normalized spacial score (nSPS) is 13.6. The van der Waals surface area contributed by atoms with E-state index in [-0.39, 0.29) is 11.6 Å². The number of hydrogen-bond acceptors (Lipinski definition) is 4. The largest absolute Gasteiger partial charge is 0.373 e. The highest BCUT2D eigenvalue weighted by Crippen LogP contribution is 2.19. The summed E-state index contributed by atoms with van der Waals surface area (Å²) in [4.78, 5) is 9.25. The van der Waals surface area contributed by atoms with Crippen LogP contribution in [-0.4, -0.2) is 29.2 Å². The molecule has 0 aliphatic heterocycles. The lowest BCUT2D eigenvalue weighted by atomic mass is 10.1. The maximum absolute atomic E-state index is 5.42. The summed E-state index contributed by atoms with van der Waals surface area (Å²) in [6.07, 6.45) is 1.84. The van der Waals surface area contributed by atoms with E-state index in [0.29, 0.717) is 0 Å². The van der Waals surface area contributed by atoms with Crippen LogP contribution >= 0.6 is 0 Å². The lowest BCUT2D eigenvalue weighted by molar-refractivity contribution is 0.0922. The first-order valence-electron chi connectivity index (χ1n) is 7.40. The predicted molar refractivity (Wildman–Crippen MR) is 83.0 cm³/mol. The molecule has 0 amide bonds. The molecule has 0 saturated carbocycles. The van der Waals surface area contributed by atoms with Gasteiger partial charge in [-0.15, -0.1) is 0 Å². The predicted octanol–water partition coefficient (Wildman–Crippen LogP) is 3.12. The molecular weight excluding hydrogens is 250 g/mol. The van der Waals surface area contributed by atoms with Crippen LogP contribution in [0.1, 0.15) is 63.0 Å². The van der Waals surface area contributed by atoms with Gasteiger partial charge in [0, 0.05) is 24.0 Å². The summed E-state index contributed by atoms with van der Waals surface area (Å²) in [5, 5.41) is 3.50. The van der Waals surface area contributed by atoms with Gasteiger partial charge in [0.2, 0.25) is 0 Å². The number of nitrogens with zero attached hydrogens (tertiary/aromatic N) is 2. The Kier molecular flexibility index (Phi) is 6.08. The molecule has 0 aromatic carbocycles. The van der Waals surface area contributed by atoms with Crippen molar-refractivity contribution in [3.63, 3.8) is 0 Å². The van der Waals surface area contributed by atoms with Gasteiger partial charge in [-0.3, -0.25) is 0 Å². The van der Waals surface area contributed by atoms with E-state index in [2.05, 4.69) is 56.8 Å². The maximum atomic E-state index is 5.42. The molecule has 1 heterocycles. The third kappa shape index (κ3) is 4.84. The average molecular weight is 279 g/mol. The zero-order valence-corrected chi connectivity index (χ0v) is 14.0. The Bertz CT molecular complexity index is 411. The van der Waals surface area contributed by atoms with E-state index < -0.39 is 0 Å². The van der Waals surface area contributed by atoms with Crippen molar-refractivity contribution in [1.29, 1.82) is 0 Å². The summed E-state index contributed by atoms with van der Waals surface area (Å²) >= 11 is 0. The summed E-state index contributed by atoms with van der Waals surface area (Å²) in [7, 11) is 1.71. The third-order valence-electron chi connectivity index (χ3n) is 3.41. The number of hydrogen-bond donors (Lipinski definition) is 1. The minimum atomic E-state index is -0.00542. The van der Waals surface area contributed by atoms with Crippen LogP contribution in [0.2, 0.25) is 0 Å². The fourth-order valence-corrected chi connectivity index (χ4v) is 2.29. The summed E-state index contributed by atoms with van der Waals surface area (Å²) < 4.78 is 5.42. The molecule has 1 aromatic heterocycles. The molecule has 4 heteroatoms. The zero-order chi connectivity index (χ0) is 15.3. The summed E-state index contributed by atoms with van der Waals surface area (Å²) in [5.74, 6) is 0.803. The molecule has 1 aromatic rings. The smallest absolute Gasteiger partial charge is 0.157 e. The zero-order valence-electron chi connectivity index (χ0n) is 14.0. The Labute approximate surface area is 123 Å². The quantitative estimate of drug-likeness (QED) is 0.869. The Morgan fingerprint density at radius 2 is 1.70 bits per heavy atom. The Morgan fingerprint density at radius 3 is 2.10 bits per heavy atom. The number of aryl methyl sites for hydroxylation is 2. The van der Waals surface area contributed by atoms with Gasteiger partial charge in [-0.05, 0) is 59.6 Å². The Morgan fingerprint density at radius 1 is 1.15 bits per heavy atom. The molecular formula is C16H29N3O. The SMILES string of the molecule is CCC(OC)c1nc(C)c(CCNC(C)(C)C)c(C)n1. The van der Waals surface area contributed by atoms with E-state index in [9.17, 15) is 0 Å². The second-order valence-corrected chi connectivity index (χ2v) is 6.29. The fraction of sp³-hybridized carbons (Fsp3) is 0.750. The van der Waals surface area contributed by atoms with Crippen LogP contribution in [0.15, 0.2) is 0 Å². The van der Waals surface area contributed by atoms with Crippen LogP contribution in [0.5, 0.6) is 0 Å². The third-order valence-corrected chi connectivity index (χ3v) is 3.41. The van der Waals surface area contributed by atoms with E-state index in [1.165, 1.54) is 5.56 Å². The molecule has 4 nitrogen and oxygen atoms in total. The van der Waals surface area contributed by atoms with Crippen molar-refractivity contribution in [2.24, 2.45) is 0 Å². The van der Waals surface area contributed by atoms with Crippen molar-refractivity contribution in [2.45, 2.75) is 66.0 Å². The molecule has 0 fully saturated rings. The van der Waals surface area contributed by atoms with Crippen LogP contribution in [0, 0.1) is 13.8 Å². The van der Waals surface area contributed by atoms with Crippen molar-refractivity contribution < 1.29 is 4.74 Å². The molecule has 1 unspecified atom stereocenters. The fourth-order valence-electron chi connectivity index (χ4n) is 2.29. The molecule has 1 N–H and O–H groups in total. The first-order chi connectivity index (χ1) is 9.28. The Balaban J connectivity index is 2.84. The standard InChI is InChI=1S/C16H29N3O/c1-8-14(20-7)15-18-11(2)13(12(3)19-15)9-10-17-16(4,5)6/h14,17H,8-10H2,1-7H3. The number of aromatic nitrogens is 2. The van der Waals surface area contributed by atoms with Crippen molar-refractivity contribution in [2.75, 3.05) is 13.7 Å². The first-order valence-corrected chi connectivity index (χ1v) is 7.40. The number of rotatable bonds is 6. The summed E-state index contributed by atoms with van der Waals surface area (Å²) in [6, 6.07) is 0. The van der Waals surface area contributed by atoms with Gasteiger partial charge in [0.15, 0.2) is 5.82 Å². The van der Waals surface area contributed by atoms with E-state index in [1.54, 1.807) is 7.11 Å². The van der Waals surface area contributed by atoms with Gasteiger partial charge in [-0.25, -0.2) is 9.97 Å². The molecule has 0 spiro atoms. The molecule has 0 radical (unpaired) electrons. The molecule has 0 aliphatic rings. The molecule has 1 rings (SSSR count). The van der Waals surface area contributed by atoms with Crippen LogP contribution in [0.4, 0.5) is 0 Å². The summed E-state index contributed by atoms with van der Waals surface area (Å²) in [6.45, 7) is 13.7. The topological polar surface area (TPSA) is 47.0 Å². The second kappa shape index (κ2) is 7.14. The van der Waals surface area contributed by atoms with Gasteiger partial charge in [0.1, 0.15) is 6.10 Å². The minimum Gasteiger partial charge on any atom is -0.373 e. The maximum Gasteiger partial charge on any atom is 0.157 e. The number of nitrogens with one attached hydrogen (secondary N) is 1. The average Bonchev–Trinajstić information content (AvgIpc) is 2.33. The second-order valence-electron chi connectivity index (χ2n) is 6.29. The minimum absolute atomic E-state index is 0.00542. The highest BCUT2D eigenvalue weighted by Gasteiger charge is 2.16. The molecule has 114 valence electrons.